The molecule has 1 N–H and O–H groups in total. The van der Waals surface area contributed by atoms with E-state index in [1.807, 2.05) is 24.3 Å². The van der Waals surface area contributed by atoms with Gasteiger partial charge in [-0.1, -0.05) is 60.7 Å². The van der Waals surface area contributed by atoms with Crippen LogP contribution in [0, 0.1) is 0 Å². The average Bonchev–Trinajstić information content (AvgIpc) is 2.63. The number of alkyl halides is 2. The fourth-order valence-corrected chi connectivity index (χ4v) is 2.19. The molecule has 0 aliphatic heterocycles. The van der Waals surface area contributed by atoms with Crippen molar-refractivity contribution >= 4 is 29.0 Å². The van der Waals surface area contributed by atoms with Crippen LogP contribution in [0.4, 0.5) is 0 Å². The summed E-state index contributed by atoms with van der Waals surface area (Å²) in [6, 6.07) is 17.8. The second kappa shape index (κ2) is 11.2. The van der Waals surface area contributed by atoms with E-state index < -0.39 is 5.60 Å². The van der Waals surface area contributed by atoms with Gasteiger partial charge in [-0.05, 0) is 12.5 Å². The van der Waals surface area contributed by atoms with Crippen molar-refractivity contribution in [2.24, 2.45) is 0 Å². The standard InChI is InChI=1S/C15H14O2.C4H8Cl2O/c1-15(17,13-10-6-3-7-11-13)14(16)12-8-4-2-5-9-12;5-1-3-7-4-2-6/h2-11,17H,1H3;1-4H2. The van der Waals surface area contributed by atoms with E-state index in [0.29, 0.717) is 36.1 Å². The number of aliphatic hydroxyl groups is 1. The van der Waals surface area contributed by atoms with Gasteiger partial charge in [-0.3, -0.25) is 4.79 Å². The molecule has 1 unspecified atom stereocenters. The van der Waals surface area contributed by atoms with E-state index in [1.165, 1.54) is 6.92 Å². The Bertz CT molecular complexity index is 582. The topological polar surface area (TPSA) is 46.5 Å². The third-order valence-electron chi connectivity index (χ3n) is 3.26. The minimum absolute atomic E-state index is 0.288. The van der Waals surface area contributed by atoms with Crippen LogP contribution >= 0.6 is 23.2 Å². The van der Waals surface area contributed by atoms with Crippen molar-refractivity contribution in [2.45, 2.75) is 12.5 Å². The molecular formula is C19H22Cl2O3. The van der Waals surface area contributed by atoms with Gasteiger partial charge in [-0.15, -0.1) is 23.2 Å². The lowest BCUT2D eigenvalue weighted by atomic mass is 9.88. The molecule has 0 spiro atoms. The van der Waals surface area contributed by atoms with Crippen LogP contribution in [0.5, 0.6) is 0 Å². The molecule has 0 saturated heterocycles. The highest BCUT2D eigenvalue weighted by Crippen LogP contribution is 2.24. The highest BCUT2D eigenvalue weighted by Gasteiger charge is 2.32. The number of Topliss-reactive ketones (excluding diaryl/α,β-unsaturated/α-hetero) is 1. The fourth-order valence-electron chi connectivity index (χ4n) is 1.98. The minimum Gasteiger partial charge on any atom is -0.379 e. The first-order valence-corrected chi connectivity index (χ1v) is 8.68. The number of hydrogen-bond acceptors (Lipinski definition) is 3. The quantitative estimate of drug-likeness (QED) is 0.451. The Morgan fingerprint density at radius 1 is 0.958 bits per heavy atom. The van der Waals surface area contributed by atoms with E-state index in [-0.39, 0.29) is 5.78 Å². The second-order valence-electron chi connectivity index (χ2n) is 5.12. The Labute approximate surface area is 153 Å². The summed E-state index contributed by atoms with van der Waals surface area (Å²) in [5.41, 5.74) is -0.363. The van der Waals surface area contributed by atoms with Crippen LogP contribution in [0.1, 0.15) is 22.8 Å². The Balaban J connectivity index is 0.000000351. The Morgan fingerprint density at radius 2 is 1.42 bits per heavy atom. The predicted octanol–water partition coefficient (Wildman–Crippen LogP) is 4.26. The fraction of sp³-hybridized carbons (Fsp3) is 0.316. The van der Waals surface area contributed by atoms with Gasteiger partial charge < -0.3 is 9.84 Å². The number of ether oxygens (including phenoxy) is 1. The summed E-state index contributed by atoms with van der Waals surface area (Å²) in [5, 5.41) is 10.4. The third kappa shape index (κ3) is 6.62. The number of carbonyl (C=O) groups is 1. The molecule has 2 aromatic rings. The van der Waals surface area contributed by atoms with E-state index in [2.05, 4.69) is 0 Å². The van der Waals surface area contributed by atoms with Crippen LogP contribution in [-0.2, 0) is 10.3 Å². The van der Waals surface area contributed by atoms with Crippen molar-refractivity contribution in [2.75, 3.05) is 25.0 Å². The number of carbonyl (C=O) groups excluding carboxylic acids is 1. The van der Waals surface area contributed by atoms with Crippen molar-refractivity contribution in [1.82, 2.24) is 0 Å². The van der Waals surface area contributed by atoms with Gasteiger partial charge in [0.15, 0.2) is 5.78 Å². The third-order valence-corrected chi connectivity index (χ3v) is 3.57. The zero-order chi connectivity index (χ0) is 17.8. The van der Waals surface area contributed by atoms with Crippen molar-refractivity contribution in [3.8, 4) is 0 Å². The van der Waals surface area contributed by atoms with Crippen molar-refractivity contribution < 1.29 is 14.6 Å². The summed E-state index contributed by atoms with van der Waals surface area (Å²) >= 11 is 10.5. The van der Waals surface area contributed by atoms with Gasteiger partial charge >= 0.3 is 0 Å². The summed E-state index contributed by atoms with van der Waals surface area (Å²) in [7, 11) is 0. The monoisotopic (exact) mass is 368 g/mol. The first-order valence-electron chi connectivity index (χ1n) is 7.61. The maximum absolute atomic E-state index is 12.2. The molecule has 0 aliphatic rings. The Kier molecular flexibility index (Phi) is 9.65. The van der Waals surface area contributed by atoms with Crippen LogP contribution in [-0.4, -0.2) is 35.9 Å². The largest absolute Gasteiger partial charge is 0.379 e. The summed E-state index contributed by atoms with van der Waals surface area (Å²) in [4.78, 5) is 12.2. The first kappa shape index (κ1) is 20.7. The van der Waals surface area contributed by atoms with Crippen molar-refractivity contribution in [3.05, 3.63) is 71.8 Å². The van der Waals surface area contributed by atoms with Crippen LogP contribution < -0.4 is 0 Å². The molecule has 0 fully saturated rings. The summed E-state index contributed by atoms with van der Waals surface area (Å²) < 4.78 is 4.87. The molecule has 0 bridgehead atoms. The molecule has 0 amide bonds. The second-order valence-corrected chi connectivity index (χ2v) is 5.88. The molecule has 0 aromatic heterocycles. The SMILES string of the molecule is CC(O)(C(=O)c1ccccc1)c1ccccc1.ClCCOCCCl. The van der Waals surface area contributed by atoms with Gasteiger partial charge in [0, 0.05) is 17.3 Å². The predicted molar refractivity (Wildman–Crippen MR) is 99.0 cm³/mol. The zero-order valence-electron chi connectivity index (χ0n) is 13.6. The molecule has 2 rings (SSSR count). The molecule has 1 atom stereocenters. The molecule has 3 nitrogen and oxygen atoms in total. The molecule has 2 aromatic carbocycles. The molecular weight excluding hydrogens is 347 g/mol. The lowest BCUT2D eigenvalue weighted by Gasteiger charge is -2.22. The van der Waals surface area contributed by atoms with E-state index in [4.69, 9.17) is 27.9 Å². The van der Waals surface area contributed by atoms with Gasteiger partial charge in [0.05, 0.1) is 13.2 Å². The molecule has 5 heteroatoms. The Hall–Kier alpha value is -1.39. The number of ketones is 1. The number of benzene rings is 2. The number of rotatable bonds is 7. The molecule has 0 radical (unpaired) electrons. The lowest BCUT2D eigenvalue weighted by molar-refractivity contribution is 0.0392. The number of halogens is 2. The van der Waals surface area contributed by atoms with Crippen LogP contribution in [0.15, 0.2) is 60.7 Å². The van der Waals surface area contributed by atoms with Crippen molar-refractivity contribution in [3.63, 3.8) is 0 Å². The van der Waals surface area contributed by atoms with Crippen LogP contribution in [0.3, 0.4) is 0 Å². The van der Waals surface area contributed by atoms with E-state index in [0.717, 1.165) is 0 Å². The van der Waals surface area contributed by atoms with Crippen molar-refractivity contribution in [1.29, 1.82) is 0 Å². The molecule has 0 saturated carbocycles. The highest BCUT2D eigenvalue weighted by atomic mass is 35.5. The summed E-state index contributed by atoms with van der Waals surface area (Å²) in [6.07, 6.45) is 0. The maximum atomic E-state index is 12.2. The van der Waals surface area contributed by atoms with Crippen LogP contribution in [0.25, 0.3) is 0 Å². The Morgan fingerprint density at radius 3 is 1.88 bits per heavy atom. The van der Waals surface area contributed by atoms with E-state index in [9.17, 15) is 9.90 Å². The highest BCUT2D eigenvalue weighted by molar-refractivity contribution is 6.18. The zero-order valence-corrected chi connectivity index (χ0v) is 15.1. The molecule has 0 heterocycles. The summed E-state index contributed by atoms with van der Waals surface area (Å²) in [5.74, 6) is 0.817. The van der Waals surface area contributed by atoms with Gasteiger partial charge in [0.25, 0.3) is 0 Å². The lowest BCUT2D eigenvalue weighted by Crippen LogP contribution is -2.32. The van der Waals surface area contributed by atoms with Gasteiger partial charge in [-0.2, -0.15) is 0 Å². The summed E-state index contributed by atoms with van der Waals surface area (Å²) in [6.45, 7) is 2.74. The van der Waals surface area contributed by atoms with Gasteiger partial charge in [0.2, 0.25) is 0 Å². The maximum Gasteiger partial charge on any atom is 0.198 e. The molecule has 24 heavy (non-hydrogen) atoms. The molecule has 130 valence electrons. The smallest absolute Gasteiger partial charge is 0.198 e. The van der Waals surface area contributed by atoms with E-state index in [1.54, 1.807) is 36.4 Å². The van der Waals surface area contributed by atoms with Crippen LogP contribution in [0.2, 0.25) is 0 Å². The minimum atomic E-state index is -1.48. The molecule has 0 aliphatic carbocycles. The van der Waals surface area contributed by atoms with Gasteiger partial charge in [-0.25, -0.2) is 0 Å². The average molecular weight is 369 g/mol. The van der Waals surface area contributed by atoms with E-state index >= 15 is 0 Å². The van der Waals surface area contributed by atoms with Gasteiger partial charge in [0.1, 0.15) is 5.60 Å². The number of hydrogen-bond donors (Lipinski definition) is 1. The normalized spacial score (nSPS) is 12.7. The first-order chi connectivity index (χ1) is 11.5.